The van der Waals surface area contributed by atoms with Gasteiger partial charge in [-0.25, -0.2) is 0 Å². The van der Waals surface area contributed by atoms with Crippen molar-refractivity contribution in [2.75, 3.05) is 33.7 Å². The van der Waals surface area contributed by atoms with Crippen LogP contribution in [0.1, 0.15) is 19.3 Å². The fourth-order valence-electron chi connectivity index (χ4n) is 1.76. The van der Waals surface area contributed by atoms with E-state index in [0.717, 1.165) is 25.9 Å². The van der Waals surface area contributed by atoms with Crippen molar-refractivity contribution in [3.8, 4) is 0 Å². The molecule has 1 heterocycles. The third-order valence-corrected chi connectivity index (χ3v) is 2.81. The summed E-state index contributed by atoms with van der Waals surface area (Å²) in [4.78, 5) is 24.2. The number of amides is 2. The van der Waals surface area contributed by atoms with Gasteiger partial charge in [-0.2, -0.15) is 0 Å². The highest BCUT2D eigenvalue weighted by molar-refractivity contribution is 5.84. The molecule has 1 rings (SSSR count). The van der Waals surface area contributed by atoms with E-state index in [0.29, 0.717) is 12.3 Å². The van der Waals surface area contributed by atoms with Gasteiger partial charge < -0.3 is 15.5 Å². The van der Waals surface area contributed by atoms with E-state index < -0.39 is 0 Å². The van der Waals surface area contributed by atoms with Gasteiger partial charge in [0, 0.05) is 20.5 Å². The Balaban J connectivity index is 2.17. The predicted octanol–water partition coefficient (Wildman–Crippen LogP) is -0.419. The number of piperidine rings is 1. The summed E-state index contributed by atoms with van der Waals surface area (Å²) < 4.78 is 0. The van der Waals surface area contributed by atoms with Crippen molar-refractivity contribution in [1.29, 1.82) is 0 Å². The molecule has 2 N–H and O–H groups in total. The maximum atomic E-state index is 11.5. The monoisotopic (exact) mass is 227 g/mol. The lowest BCUT2D eigenvalue weighted by Gasteiger charge is -2.22. The minimum atomic E-state index is -0.0740. The van der Waals surface area contributed by atoms with E-state index in [4.69, 9.17) is 0 Å². The summed E-state index contributed by atoms with van der Waals surface area (Å²) in [5.41, 5.74) is 0. The van der Waals surface area contributed by atoms with Crippen LogP contribution in [0.15, 0.2) is 0 Å². The Hall–Kier alpha value is -1.10. The second-order valence-corrected chi connectivity index (χ2v) is 4.48. The molecule has 0 aromatic rings. The van der Waals surface area contributed by atoms with Gasteiger partial charge in [-0.05, 0) is 31.8 Å². The normalized spacial score (nSPS) is 20.2. The molecule has 0 bridgehead atoms. The van der Waals surface area contributed by atoms with Crippen molar-refractivity contribution in [3.63, 3.8) is 0 Å². The molecule has 5 heteroatoms. The molecule has 1 unspecified atom stereocenters. The third-order valence-electron chi connectivity index (χ3n) is 2.81. The van der Waals surface area contributed by atoms with Crippen LogP contribution in [-0.4, -0.2) is 50.4 Å². The molecule has 0 aromatic carbocycles. The molecule has 0 aliphatic carbocycles. The zero-order chi connectivity index (χ0) is 12.0. The quantitative estimate of drug-likeness (QED) is 0.686. The minimum Gasteiger partial charge on any atom is -0.347 e. The molecular weight excluding hydrogens is 206 g/mol. The third kappa shape index (κ3) is 4.61. The van der Waals surface area contributed by atoms with Crippen molar-refractivity contribution in [2.45, 2.75) is 19.3 Å². The first-order chi connectivity index (χ1) is 7.59. The van der Waals surface area contributed by atoms with Gasteiger partial charge in [-0.15, -0.1) is 0 Å². The van der Waals surface area contributed by atoms with Gasteiger partial charge >= 0.3 is 0 Å². The van der Waals surface area contributed by atoms with Crippen LogP contribution in [0.2, 0.25) is 0 Å². The number of likely N-dealkylation sites (N-methyl/N-ethyl adjacent to an activating group) is 1. The van der Waals surface area contributed by atoms with E-state index in [1.165, 1.54) is 4.90 Å². The molecule has 5 nitrogen and oxygen atoms in total. The first kappa shape index (κ1) is 13.0. The van der Waals surface area contributed by atoms with Crippen LogP contribution in [0.4, 0.5) is 0 Å². The number of nitrogens with one attached hydrogen (secondary N) is 2. The SMILES string of the molecule is CN(C)C(=O)CNC(=O)CC1CCCNC1. The summed E-state index contributed by atoms with van der Waals surface area (Å²) in [6.45, 7) is 2.07. The molecule has 1 atom stereocenters. The van der Waals surface area contributed by atoms with Crippen LogP contribution in [0, 0.1) is 5.92 Å². The zero-order valence-electron chi connectivity index (χ0n) is 10.1. The van der Waals surface area contributed by atoms with Crippen LogP contribution in [0.3, 0.4) is 0 Å². The van der Waals surface area contributed by atoms with Gasteiger partial charge in [0.1, 0.15) is 0 Å². The van der Waals surface area contributed by atoms with Gasteiger partial charge in [-0.1, -0.05) is 0 Å². The van der Waals surface area contributed by atoms with Crippen molar-refractivity contribution in [1.82, 2.24) is 15.5 Å². The zero-order valence-corrected chi connectivity index (χ0v) is 10.1. The Labute approximate surface area is 96.6 Å². The summed E-state index contributed by atoms with van der Waals surface area (Å²) in [6, 6.07) is 0. The number of hydrogen-bond acceptors (Lipinski definition) is 3. The van der Waals surface area contributed by atoms with Crippen molar-refractivity contribution in [3.05, 3.63) is 0 Å². The van der Waals surface area contributed by atoms with E-state index in [2.05, 4.69) is 10.6 Å². The summed E-state index contributed by atoms with van der Waals surface area (Å²) in [5.74, 6) is 0.322. The molecule has 0 spiro atoms. The second-order valence-electron chi connectivity index (χ2n) is 4.48. The van der Waals surface area contributed by atoms with Gasteiger partial charge in [0.25, 0.3) is 0 Å². The highest BCUT2D eigenvalue weighted by atomic mass is 16.2. The molecule has 16 heavy (non-hydrogen) atoms. The molecule has 92 valence electrons. The number of hydrogen-bond donors (Lipinski definition) is 2. The summed E-state index contributed by atoms with van der Waals surface area (Å²) in [7, 11) is 3.36. The van der Waals surface area contributed by atoms with Crippen molar-refractivity contribution >= 4 is 11.8 Å². The lowest BCUT2D eigenvalue weighted by atomic mass is 9.96. The Morgan fingerprint density at radius 3 is 2.75 bits per heavy atom. The van der Waals surface area contributed by atoms with Crippen LogP contribution in [-0.2, 0) is 9.59 Å². The largest absolute Gasteiger partial charge is 0.347 e. The average Bonchev–Trinajstić information content (AvgIpc) is 2.27. The molecule has 0 radical (unpaired) electrons. The topological polar surface area (TPSA) is 61.4 Å². The number of nitrogens with zero attached hydrogens (tertiary/aromatic N) is 1. The fourth-order valence-corrected chi connectivity index (χ4v) is 1.76. The Morgan fingerprint density at radius 1 is 1.44 bits per heavy atom. The smallest absolute Gasteiger partial charge is 0.241 e. The second kappa shape index (κ2) is 6.48. The van der Waals surface area contributed by atoms with Gasteiger partial charge in [0.05, 0.1) is 6.54 Å². The Kier molecular flexibility index (Phi) is 5.25. The van der Waals surface area contributed by atoms with Crippen LogP contribution >= 0.6 is 0 Å². The maximum Gasteiger partial charge on any atom is 0.241 e. The van der Waals surface area contributed by atoms with E-state index in [-0.39, 0.29) is 18.4 Å². The minimum absolute atomic E-state index is 0.0242. The molecule has 1 saturated heterocycles. The Bertz CT molecular complexity index is 248. The highest BCUT2D eigenvalue weighted by Crippen LogP contribution is 2.13. The van der Waals surface area contributed by atoms with Crippen molar-refractivity contribution < 1.29 is 9.59 Å². The molecular formula is C11H21N3O2. The fraction of sp³-hybridized carbons (Fsp3) is 0.818. The first-order valence-electron chi connectivity index (χ1n) is 5.77. The standard InChI is InChI=1S/C11H21N3O2/c1-14(2)11(16)8-13-10(15)6-9-4-3-5-12-7-9/h9,12H,3-8H2,1-2H3,(H,13,15). The lowest BCUT2D eigenvalue weighted by molar-refractivity contribution is -0.131. The van der Waals surface area contributed by atoms with Crippen LogP contribution < -0.4 is 10.6 Å². The van der Waals surface area contributed by atoms with E-state index in [1.54, 1.807) is 14.1 Å². The molecule has 1 fully saturated rings. The van der Waals surface area contributed by atoms with E-state index in [9.17, 15) is 9.59 Å². The van der Waals surface area contributed by atoms with E-state index >= 15 is 0 Å². The highest BCUT2D eigenvalue weighted by Gasteiger charge is 2.17. The predicted molar refractivity (Wildman–Crippen MR) is 61.9 cm³/mol. The number of rotatable bonds is 4. The molecule has 2 amide bonds. The van der Waals surface area contributed by atoms with Crippen LogP contribution in [0.25, 0.3) is 0 Å². The Morgan fingerprint density at radius 2 is 2.19 bits per heavy atom. The summed E-state index contributed by atoms with van der Waals surface area (Å²) in [5, 5.41) is 5.92. The molecule has 1 aliphatic heterocycles. The van der Waals surface area contributed by atoms with Gasteiger partial charge in [0.15, 0.2) is 0 Å². The molecule has 0 aromatic heterocycles. The summed E-state index contributed by atoms with van der Waals surface area (Å²) >= 11 is 0. The summed E-state index contributed by atoms with van der Waals surface area (Å²) in [6.07, 6.45) is 2.75. The van der Waals surface area contributed by atoms with Gasteiger partial charge in [0.2, 0.25) is 11.8 Å². The molecule has 1 aliphatic rings. The average molecular weight is 227 g/mol. The lowest BCUT2D eigenvalue weighted by Crippen LogP contribution is -2.38. The number of carbonyl (C=O) groups is 2. The molecule has 0 saturated carbocycles. The van der Waals surface area contributed by atoms with Crippen molar-refractivity contribution in [2.24, 2.45) is 5.92 Å². The maximum absolute atomic E-state index is 11.5. The van der Waals surface area contributed by atoms with Gasteiger partial charge in [-0.3, -0.25) is 9.59 Å². The van der Waals surface area contributed by atoms with E-state index in [1.807, 2.05) is 0 Å². The first-order valence-corrected chi connectivity index (χ1v) is 5.77. The van der Waals surface area contributed by atoms with Crippen LogP contribution in [0.5, 0.6) is 0 Å². The number of carbonyl (C=O) groups excluding carboxylic acids is 2.